The first-order valence-electron chi connectivity index (χ1n) is 6.15. The van der Waals surface area contributed by atoms with Crippen molar-refractivity contribution >= 4 is 6.08 Å². The molecule has 1 nitrogen and oxygen atoms in total. The summed E-state index contributed by atoms with van der Waals surface area (Å²) in [5.41, 5.74) is 3.59. The summed E-state index contributed by atoms with van der Waals surface area (Å²) in [6, 6.07) is 6.11. The van der Waals surface area contributed by atoms with Gasteiger partial charge in [0.1, 0.15) is 5.82 Å². The standard InChI is InChI=1S/C17H19FO/c1-4-12-17(19,13-5-2)14(3)6-7-15-8-10-16(18)11-9-15/h4-5,7-11,19H,1-2,12-13H2,3H3. The van der Waals surface area contributed by atoms with Gasteiger partial charge in [-0.25, -0.2) is 4.39 Å². The van der Waals surface area contributed by atoms with Gasteiger partial charge >= 0.3 is 0 Å². The second-order valence-electron chi connectivity index (χ2n) is 4.48. The number of rotatable bonds is 6. The zero-order valence-corrected chi connectivity index (χ0v) is 11.2. The van der Waals surface area contributed by atoms with Crippen molar-refractivity contribution in [2.24, 2.45) is 0 Å². The smallest absolute Gasteiger partial charge is 0.123 e. The van der Waals surface area contributed by atoms with E-state index in [-0.39, 0.29) is 5.82 Å². The maximum atomic E-state index is 12.8. The second-order valence-corrected chi connectivity index (χ2v) is 4.48. The molecule has 1 rings (SSSR count). The molecule has 0 saturated carbocycles. The van der Waals surface area contributed by atoms with E-state index in [0.29, 0.717) is 18.4 Å². The monoisotopic (exact) mass is 258 g/mol. The van der Waals surface area contributed by atoms with Crippen LogP contribution in [-0.2, 0) is 0 Å². The zero-order valence-electron chi connectivity index (χ0n) is 11.2. The fraction of sp³-hybridized carbons (Fsp3) is 0.235. The summed E-state index contributed by atoms with van der Waals surface area (Å²) in [4.78, 5) is 0. The predicted molar refractivity (Wildman–Crippen MR) is 78.1 cm³/mol. The Morgan fingerprint density at radius 3 is 2.26 bits per heavy atom. The topological polar surface area (TPSA) is 20.2 Å². The highest BCUT2D eigenvalue weighted by Gasteiger charge is 2.25. The molecule has 0 unspecified atom stereocenters. The molecule has 0 amide bonds. The summed E-state index contributed by atoms with van der Waals surface area (Å²) in [6.07, 6.45) is 5.95. The van der Waals surface area contributed by atoms with E-state index in [4.69, 9.17) is 0 Å². The van der Waals surface area contributed by atoms with E-state index in [2.05, 4.69) is 18.9 Å². The number of aliphatic hydroxyl groups is 1. The Morgan fingerprint density at radius 1 is 1.26 bits per heavy atom. The Balaban J connectivity index is 3.03. The number of hydrogen-bond donors (Lipinski definition) is 1. The summed E-state index contributed by atoms with van der Waals surface area (Å²) in [5, 5.41) is 10.5. The fourth-order valence-electron chi connectivity index (χ4n) is 1.75. The molecule has 0 spiro atoms. The van der Waals surface area contributed by atoms with Gasteiger partial charge in [0.05, 0.1) is 5.60 Å². The molecule has 0 aromatic heterocycles. The van der Waals surface area contributed by atoms with Crippen LogP contribution in [0.3, 0.4) is 0 Å². The van der Waals surface area contributed by atoms with Gasteiger partial charge < -0.3 is 5.11 Å². The molecule has 1 aromatic rings. The molecule has 0 aliphatic heterocycles. The Bertz CT molecular complexity index is 495. The fourth-order valence-corrected chi connectivity index (χ4v) is 1.75. The average molecular weight is 258 g/mol. The molecule has 0 heterocycles. The van der Waals surface area contributed by atoms with Gasteiger partial charge in [-0.15, -0.1) is 18.9 Å². The largest absolute Gasteiger partial charge is 0.384 e. The van der Waals surface area contributed by atoms with Gasteiger partial charge in [0.2, 0.25) is 0 Å². The van der Waals surface area contributed by atoms with Gasteiger partial charge in [-0.2, -0.15) is 0 Å². The first kappa shape index (κ1) is 15.2. The molecule has 0 atom stereocenters. The van der Waals surface area contributed by atoms with Gasteiger partial charge in [0.25, 0.3) is 0 Å². The van der Waals surface area contributed by atoms with Crippen molar-refractivity contribution in [1.82, 2.24) is 0 Å². The lowest BCUT2D eigenvalue weighted by molar-refractivity contribution is 0.0851. The van der Waals surface area contributed by atoms with Crippen molar-refractivity contribution in [2.45, 2.75) is 25.4 Å². The highest BCUT2D eigenvalue weighted by Crippen LogP contribution is 2.25. The third kappa shape index (κ3) is 4.36. The highest BCUT2D eigenvalue weighted by molar-refractivity contribution is 5.49. The van der Waals surface area contributed by atoms with Gasteiger partial charge in [0, 0.05) is 5.57 Å². The molecule has 19 heavy (non-hydrogen) atoms. The molecule has 0 fully saturated rings. The molecule has 1 N–H and O–H groups in total. The molecule has 0 saturated heterocycles. The van der Waals surface area contributed by atoms with Crippen LogP contribution in [0.5, 0.6) is 0 Å². The van der Waals surface area contributed by atoms with Crippen LogP contribution >= 0.6 is 0 Å². The van der Waals surface area contributed by atoms with E-state index in [0.717, 1.165) is 5.56 Å². The van der Waals surface area contributed by atoms with Crippen molar-refractivity contribution < 1.29 is 9.50 Å². The molecule has 2 heteroatoms. The maximum Gasteiger partial charge on any atom is 0.123 e. The Morgan fingerprint density at radius 2 is 1.79 bits per heavy atom. The summed E-state index contributed by atoms with van der Waals surface area (Å²) in [7, 11) is 0. The van der Waals surface area contributed by atoms with E-state index < -0.39 is 5.60 Å². The van der Waals surface area contributed by atoms with Crippen molar-refractivity contribution in [1.29, 1.82) is 0 Å². The summed E-state index contributed by atoms with van der Waals surface area (Å²) in [5.74, 6) is -0.271. The van der Waals surface area contributed by atoms with E-state index in [1.807, 2.05) is 6.92 Å². The van der Waals surface area contributed by atoms with Crippen LogP contribution in [0.25, 0.3) is 6.08 Å². The third-order valence-electron chi connectivity index (χ3n) is 2.99. The molecule has 100 valence electrons. The van der Waals surface area contributed by atoms with Crippen molar-refractivity contribution in [3.8, 4) is 0 Å². The maximum absolute atomic E-state index is 12.8. The Kier molecular flexibility index (Phi) is 5.50. The lowest BCUT2D eigenvalue weighted by Gasteiger charge is -2.25. The molecular formula is C17H19FO. The van der Waals surface area contributed by atoms with Crippen molar-refractivity contribution in [2.75, 3.05) is 0 Å². The molecule has 0 radical (unpaired) electrons. The van der Waals surface area contributed by atoms with Crippen LogP contribution < -0.4 is 0 Å². The Labute approximate surface area is 114 Å². The second kappa shape index (κ2) is 6.89. The van der Waals surface area contributed by atoms with Crippen LogP contribution in [0.4, 0.5) is 4.39 Å². The summed E-state index contributed by atoms with van der Waals surface area (Å²) < 4.78 is 12.8. The lowest BCUT2D eigenvalue weighted by atomic mass is 9.88. The van der Waals surface area contributed by atoms with Gasteiger partial charge in [-0.3, -0.25) is 0 Å². The van der Waals surface area contributed by atoms with Crippen LogP contribution in [-0.4, -0.2) is 10.7 Å². The SMILES string of the molecule is C=CCC(O)(CC=C)C(C)=C=Cc1ccc(F)cc1. The third-order valence-corrected chi connectivity index (χ3v) is 2.99. The zero-order chi connectivity index (χ0) is 14.3. The average Bonchev–Trinajstić information content (AvgIpc) is 2.38. The molecule has 1 aromatic carbocycles. The van der Waals surface area contributed by atoms with Gasteiger partial charge in [0.15, 0.2) is 0 Å². The minimum atomic E-state index is -1.000. The minimum absolute atomic E-state index is 0.271. The number of benzene rings is 1. The van der Waals surface area contributed by atoms with E-state index in [9.17, 15) is 9.50 Å². The first-order chi connectivity index (χ1) is 9.01. The first-order valence-corrected chi connectivity index (χ1v) is 6.15. The summed E-state index contributed by atoms with van der Waals surface area (Å²) >= 11 is 0. The summed E-state index contributed by atoms with van der Waals surface area (Å²) in [6.45, 7) is 9.11. The molecular weight excluding hydrogens is 239 g/mol. The van der Waals surface area contributed by atoms with Crippen molar-refractivity contribution in [3.63, 3.8) is 0 Å². The van der Waals surface area contributed by atoms with E-state index in [1.54, 1.807) is 30.4 Å². The minimum Gasteiger partial charge on any atom is -0.384 e. The Hall–Kier alpha value is -1.89. The quantitative estimate of drug-likeness (QED) is 0.597. The predicted octanol–water partition coefficient (Wildman–Crippen LogP) is 4.27. The van der Waals surface area contributed by atoms with Gasteiger partial charge in [-0.05, 0) is 43.5 Å². The van der Waals surface area contributed by atoms with Crippen LogP contribution in [0.15, 0.2) is 60.9 Å². The van der Waals surface area contributed by atoms with Crippen LogP contribution in [0.2, 0.25) is 0 Å². The van der Waals surface area contributed by atoms with E-state index >= 15 is 0 Å². The highest BCUT2D eigenvalue weighted by atomic mass is 19.1. The lowest BCUT2D eigenvalue weighted by Crippen LogP contribution is -2.28. The molecule has 0 aliphatic carbocycles. The number of halogens is 1. The number of hydrogen-bond acceptors (Lipinski definition) is 1. The van der Waals surface area contributed by atoms with Crippen molar-refractivity contribution in [3.05, 3.63) is 72.3 Å². The molecule has 0 bridgehead atoms. The normalized spacial score (nSPS) is 10.5. The molecule has 0 aliphatic rings. The van der Waals surface area contributed by atoms with Gasteiger partial charge in [-0.1, -0.05) is 24.3 Å². The van der Waals surface area contributed by atoms with Crippen LogP contribution in [0, 0.1) is 5.82 Å². The van der Waals surface area contributed by atoms with Crippen LogP contribution in [0.1, 0.15) is 25.3 Å². The van der Waals surface area contributed by atoms with E-state index in [1.165, 1.54) is 12.1 Å².